The van der Waals surface area contributed by atoms with Crippen molar-refractivity contribution in [3.05, 3.63) is 27.8 Å². The normalized spacial score (nSPS) is 12.8. The highest BCUT2D eigenvalue weighted by Crippen LogP contribution is 2.37. The van der Waals surface area contributed by atoms with Gasteiger partial charge >= 0.3 is 5.69 Å². The van der Waals surface area contributed by atoms with Crippen LogP contribution in [0, 0.1) is 16.0 Å². The van der Waals surface area contributed by atoms with Crippen molar-refractivity contribution in [3.63, 3.8) is 0 Å². The number of hydrogen-bond acceptors (Lipinski definition) is 6. The molecule has 1 aromatic carbocycles. The molecule has 5 nitrogen and oxygen atoms in total. The largest absolute Gasteiger partial charge is 0.396 e. The summed E-state index contributed by atoms with van der Waals surface area (Å²) < 4.78 is 0.821. The molecule has 0 bridgehead atoms. The molecule has 0 aliphatic rings. The first-order chi connectivity index (χ1) is 8.63. The van der Waals surface area contributed by atoms with E-state index in [2.05, 4.69) is 4.98 Å². The zero-order valence-corrected chi connectivity index (χ0v) is 11.3. The average Bonchev–Trinajstić information content (AvgIpc) is 2.82. The van der Waals surface area contributed by atoms with E-state index < -0.39 is 0 Å². The number of benzene rings is 1. The highest BCUT2D eigenvalue weighted by atomic mass is 32.2. The first-order valence-corrected chi connectivity index (χ1v) is 7.24. The Balaban J connectivity index is 2.37. The van der Waals surface area contributed by atoms with E-state index in [0.29, 0.717) is 16.2 Å². The van der Waals surface area contributed by atoms with E-state index in [9.17, 15) is 10.1 Å². The number of thiazole rings is 1. The van der Waals surface area contributed by atoms with Gasteiger partial charge in [-0.15, -0.1) is 23.1 Å². The molecule has 1 aromatic heterocycles. The van der Waals surface area contributed by atoms with Gasteiger partial charge in [0, 0.05) is 12.4 Å². The second-order valence-electron chi connectivity index (χ2n) is 3.97. The summed E-state index contributed by atoms with van der Waals surface area (Å²) in [5.41, 5.74) is 2.14. The second kappa shape index (κ2) is 5.64. The Morgan fingerprint density at radius 2 is 2.39 bits per heavy atom. The summed E-state index contributed by atoms with van der Waals surface area (Å²) in [5.74, 6) is 0.758. The van der Waals surface area contributed by atoms with E-state index >= 15 is 0 Å². The molecular formula is C11H12N2O3S2. The lowest BCUT2D eigenvalue weighted by Crippen LogP contribution is -2.03. The molecule has 1 atom stereocenters. The van der Waals surface area contributed by atoms with Gasteiger partial charge in [-0.2, -0.15) is 0 Å². The van der Waals surface area contributed by atoms with Crippen LogP contribution in [-0.4, -0.2) is 27.4 Å². The third-order valence-electron chi connectivity index (χ3n) is 2.46. The standard InChI is InChI=1S/C11H12N2O3S2/c1-7(4-14)5-17-9-3-2-8-10(12-6-18-8)11(9)13(15)16/h2-3,6-7,14H,4-5H2,1H3. The van der Waals surface area contributed by atoms with Gasteiger partial charge in [0.05, 0.1) is 20.0 Å². The predicted octanol–water partition coefficient (Wildman–Crippen LogP) is 2.93. The number of aromatic nitrogens is 1. The van der Waals surface area contributed by atoms with E-state index in [0.717, 1.165) is 4.70 Å². The molecule has 0 aliphatic heterocycles. The van der Waals surface area contributed by atoms with Gasteiger partial charge in [-0.05, 0) is 18.1 Å². The number of rotatable bonds is 5. The topological polar surface area (TPSA) is 76.3 Å². The maximum atomic E-state index is 11.2. The molecule has 0 saturated heterocycles. The fourth-order valence-electron chi connectivity index (χ4n) is 1.48. The van der Waals surface area contributed by atoms with Crippen molar-refractivity contribution < 1.29 is 10.0 Å². The number of thioether (sulfide) groups is 1. The number of nitro benzene ring substituents is 1. The van der Waals surface area contributed by atoms with Crippen molar-refractivity contribution in [1.29, 1.82) is 0 Å². The Morgan fingerprint density at radius 1 is 1.61 bits per heavy atom. The maximum Gasteiger partial charge on any atom is 0.309 e. The number of hydrogen-bond donors (Lipinski definition) is 1. The van der Waals surface area contributed by atoms with Gasteiger partial charge in [-0.1, -0.05) is 6.92 Å². The molecule has 0 radical (unpaired) electrons. The predicted molar refractivity (Wildman–Crippen MR) is 73.2 cm³/mol. The average molecular weight is 284 g/mol. The molecule has 7 heteroatoms. The van der Waals surface area contributed by atoms with E-state index in [1.807, 2.05) is 13.0 Å². The van der Waals surface area contributed by atoms with Gasteiger partial charge in [0.2, 0.25) is 0 Å². The number of nitro groups is 1. The van der Waals surface area contributed by atoms with E-state index in [4.69, 9.17) is 5.11 Å². The molecule has 0 saturated carbocycles. The van der Waals surface area contributed by atoms with Gasteiger partial charge in [0.25, 0.3) is 0 Å². The summed E-state index contributed by atoms with van der Waals surface area (Å²) in [7, 11) is 0. The van der Waals surface area contributed by atoms with Gasteiger partial charge in [0.15, 0.2) is 5.52 Å². The first kappa shape index (κ1) is 13.3. The molecule has 0 aliphatic carbocycles. The Bertz CT molecular complexity index is 570. The molecule has 2 aromatic rings. The van der Waals surface area contributed by atoms with Gasteiger partial charge in [0.1, 0.15) is 0 Å². The van der Waals surface area contributed by atoms with Crippen LogP contribution in [0.5, 0.6) is 0 Å². The first-order valence-electron chi connectivity index (χ1n) is 5.37. The molecule has 96 valence electrons. The van der Waals surface area contributed by atoms with E-state index in [-0.39, 0.29) is 23.1 Å². The SMILES string of the molecule is CC(CO)CSc1ccc2scnc2c1[N+](=O)[O-]. The number of fused-ring (bicyclic) bond motifs is 1. The number of aliphatic hydroxyl groups is 1. The third-order valence-corrected chi connectivity index (χ3v) is 4.63. The zero-order valence-electron chi connectivity index (χ0n) is 9.70. The summed E-state index contributed by atoms with van der Waals surface area (Å²) in [6, 6.07) is 3.61. The van der Waals surface area contributed by atoms with Crippen LogP contribution in [0.15, 0.2) is 22.5 Å². The van der Waals surface area contributed by atoms with Crippen LogP contribution in [0.1, 0.15) is 6.92 Å². The van der Waals surface area contributed by atoms with Crippen LogP contribution in [0.4, 0.5) is 5.69 Å². The minimum Gasteiger partial charge on any atom is -0.396 e. The van der Waals surface area contributed by atoms with E-state index in [1.54, 1.807) is 11.6 Å². The van der Waals surface area contributed by atoms with Crippen molar-refractivity contribution in [2.24, 2.45) is 5.92 Å². The van der Waals surface area contributed by atoms with Crippen molar-refractivity contribution in [2.45, 2.75) is 11.8 Å². The van der Waals surface area contributed by atoms with Crippen LogP contribution in [0.3, 0.4) is 0 Å². The Labute approximate surface area is 112 Å². The molecule has 1 unspecified atom stereocenters. The summed E-state index contributed by atoms with van der Waals surface area (Å²) in [6.45, 7) is 1.99. The van der Waals surface area contributed by atoms with Gasteiger partial charge < -0.3 is 5.11 Å². The van der Waals surface area contributed by atoms with Crippen molar-refractivity contribution in [1.82, 2.24) is 4.98 Å². The highest BCUT2D eigenvalue weighted by molar-refractivity contribution is 7.99. The quantitative estimate of drug-likeness (QED) is 0.519. The number of aliphatic hydroxyl groups excluding tert-OH is 1. The molecule has 2 rings (SSSR count). The van der Waals surface area contributed by atoms with Crippen molar-refractivity contribution >= 4 is 39.0 Å². The Hall–Kier alpha value is -1.18. The lowest BCUT2D eigenvalue weighted by molar-refractivity contribution is -0.386. The second-order valence-corrected chi connectivity index (χ2v) is 5.92. The summed E-state index contributed by atoms with van der Waals surface area (Å²) in [4.78, 5) is 15.4. The fraction of sp³-hybridized carbons (Fsp3) is 0.364. The lowest BCUT2D eigenvalue weighted by Gasteiger charge is -2.07. The molecule has 0 amide bonds. The van der Waals surface area contributed by atoms with Gasteiger partial charge in [-0.25, -0.2) is 4.98 Å². The fourth-order valence-corrected chi connectivity index (χ4v) is 3.20. The summed E-state index contributed by atoms with van der Waals surface area (Å²) >= 11 is 2.78. The van der Waals surface area contributed by atoms with Crippen LogP contribution in [-0.2, 0) is 0 Å². The molecule has 1 N–H and O–H groups in total. The van der Waals surface area contributed by atoms with Gasteiger partial charge in [-0.3, -0.25) is 10.1 Å². The minimum atomic E-state index is -0.381. The van der Waals surface area contributed by atoms with Crippen LogP contribution in [0.2, 0.25) is 0 Å². The Kier molecular flexibility index (Phi) is 4.15. The molecule has 0 spiro atoms. The number of nitrogens with zero attached hydrogens (tertiary/aromatic N) is 2. The smallest absolute Gasteiger partial charge is 0.309 e. The minimum absolute atomic E-state index is 0.0730. The maximum absolute atomic E-state index is 11.2. The van der Waals surface area contributed by atoms with Crippen LogP contribution in [0.25, 0.3) is 10.2 Å². The summed E-state index contributed by atoms with van der Waals surface area (Å²) in [6.07, 6.45) is 0. The van der Waals surface area contributed by atoms with Crippen molar-refractivity contribution in [3.8, 4) is 0 Å². The molecule has 0 fully saturated rings. The molecular weight excluding hydrogens is 272 g/mol. The van der Waals surface area contributed by atoms with E-state index in [1.165, 1.54) is 23.1 Å². The summed E-state index contributed by atoms with van der Waals surface area (Å²) in [5, 5.41) is 20.1. The molecule has 18 heavy (non-hydrogen) atoms. The highest BCUT2D eigenvalue weighted by Gasteiger charge is 2.21. The van der Waals surface area contributed by atoms with Crippen molar-refractivity contribution in [2.75, 3.05) is 12.4 Å². The monoisotopic (exact) mass is 284 g/mol. The molecule has 1 heterocycles. The zero-order chi connectivity index (χ0) is 13.1. The van der Waals surface area contributed by atoms with Crippen LogP contribution < -0.4 is 0 Å². The lowest BCUT2D eigenvalue weighted by atomic mass is 10.2. The van der Waals surface area contributed by atoms with Crippen LogP contribution >= 0.6 is 23.1 Å². The third kappa shape index (κ3) is 2.63. The Morgan fingerprint density at radius 3 is 3.06 bits per heavy atom.